The van der Waals surface area contributed by atoms with Crippen LogP contribution in [-0.4, -0.2) is 65.5 Å². The molecule has 1 aromatic carbocycles. The van der Waals surface area contributed by atoms with E-state index in [-0.39, 0.29) is 5.56 Å². The molecule has 0 amide bonds. The van der Waals surface area contributed by atoms with E-state index in [0.717, 1.165) is 56.5 Å². The van der Waals surface area contributed by atoms with Crippen LogP contribution >= 0.6 is 0 Å². The maximum absolute atomic E-state index is 14.7. The molecule has 2 atom stereocenters. The molecule has 3 aromatic rings. The molecule has 2 aromatic heterocycles. The standard InChI is InChI=1S/C24H27F3N6O/c1-14(18-4-3-5-19(21(18)25)23(26)27)29-24-20-10-16(11-28-22(20)15(2)30-31-24)33-7-6-32-8-9-34-13-17(32)12-33/h3-5,10-11,14,17,23H,6-9,12-13H2,1-2H3,(H,29,31)/t14-,17?/m1/s1. The van der Waals surface area contributed by atoms with Crippen LogP contribution in [0.3, 0.4) is 0 Å². The normalized spacial score (nSPS) is 19.9. The Kier molecular flexibility index (Phi) is 6.26. The topological polar surface area (TPSA) is 66.4 Å². The predicted octanol–water partition coefficient (Wildman–Crippen LogP) is 4.10. The van der Waals surface area contributed by atoms with Crippen molar-refractivity contribution in [2.45, 2.75) is 32.4 Å². The fourth-order valence-corrected chi connectivity index (χ4v) is 4.76. The molecule has 0 radical (unpaired) electrons. The van der Waals surface area contributed by atoms with E-state index in [9.17, 15) is 13.2 Å². The molecular formula is C24H27F3N6O. The number of alkyl halides is 2. The van der Waals surface area contributed by atoms with E-state index < -0.39 is 23.8 Å². The molecule has 0 spiro atoms. The molecule has 2 aliphatic rings. The SMILES string of the molecule is Cc1nnc(N[C@H](C)c2cccc(C(F)F)c2F)c2cc(N3CCN4CCOCC4C3)cnc12. The third-order valence-corrected chi connectivity index (χ3v) is 6.69. The van der Waals surface area contributed by atoms with Crippen molar-refractivity contribution in [2.75, 3.05) is 49.6 Å². The molecule has 34 heavy (non-hydrogen) atoms. The predicted molar refractivity (Wildman–Crippen MR) is 124 cm³/mol. The van der Waals surface area contributed by atoms with Gasteiger partial charge in [0.1, 0.15) is 5.82 Å². The lowest BCUT2D eigenvalue weighted by molar-refractivity contribution is -0.0116. The Morgan fingerprint density at radius 2 is 1.97 bits per heavy atom. The quantitative estimate of drug-likeness (QED) is 0.600. The van der Waals surface area contributed by atoms with Gasteiger partial charge in [0.2, 0.25) is 0 Å². The van der Waals surface area contributed by atoms with E-state index >= 15 is 0 Å². The van der Waals surface area contributed by atoms with Crippen LogP contribution in [0.2, 0.25) is 0 Å². The number of nitrogens with zero attached hydrogens (tertiary/aromatic N) is 5. The molecule has 10 heteroatoms. The van der Waals surface area contributed by atoms with Crippen molar-refractivity contribution in [1.29, 1.82) is 0 Å². The molecule has 2 fully saturated rings. The molecule has 0 saturated carbocycles. The van der Waals surface area contributed by atoms with Crippen LogP contribution in [-0.2, 0) is 4.74 Å². The Bertz CT molecular complexity index is 1190. The van der Waals surface area contributed by atoms with Gasteiger partial charge in [0, 0.05) is 37.1 Å². The Balaban J connectivity index is 1.45. The summed E-state index contributed by atoms with van der Waals surface area (Å²) in [7, 11) is 0. The van der Waals surface area contributed by atoms with Gasteiger partial charge in [0.15, 0.2) is 5.82 Å². The Morgan fingerprint density at radius 3 is 2.79 bits per heavy atom. The number of aromatic nitrogens is 3. The van der Waals surface area contributed by atoms with Gasteiger partial charge in [0.05, 0.1) is 54.0 Å². The van der Waals surface area contributed by atoms with Gasteiger partial charge in [0.25, 0.3) is 6.43 Å². The summed E-state index contributed by atoms with van der Waals surface area (Å²) in [6, 6.07) is 5.79. The molecule has 7 nitrogen and oxygen atoms in total. The van der Waals surface area contributed by atoms with Crippen molar-refractivity contribution < 1.29 is 17.9 Å². The number of hydrogen-bond donors (Lipinski definition) is 1. The van der Waals surface area contributed by atoms with Crippen LogP contribution in [0.5, 0.6) is 0 Å². The highest BCUT2D eigenvalue weighted by atomic mass is 19.3. The summed E-state index contributed by atoms with van der Waals surface area (Å²) in [5.41, 5.74) is 1.87. The van der Waals surface area contributed by atoms with Gasteiger partial charge in [-0.3, -0.25) is 9.88 Å². The van der Waals surface area contributed by atoms with Gasteiger partial charge in [-0.15, -0.1) is 5.10 Å². The van der Waals surface area contributed by atoms with Crippen molar-refractivity contribution in [3.05, 3.63) is 53.1 Å². The third-order valence-electron chi connectivity index (χ3n) is 6.69. The zero-order valence-corrected chi connectivity index (χ0v) is 19.1. The fraction of sp³-hybridized carbons (Fsp3) is 0.458. The second-order valence-electron chi connectivity index (χ2n) is 8.85. The van der Waals surface area contributed by atoms with Gasteiger partial charge in [-0.2, -0.15) is 5.10 Å². The van der Waals surface area contributed by atoms with E-state index in [2.05, 4.69) is 30.3 Å². The average Bonchev–Trinajstić information content (AvgIpc) is 2.85. The smallest absolute Gasteiger partial charge is 0.266 e. The molecule has 5 rings (SSSR count). The van der Waals surface area contributed by atoms with Crippen LogP contribution in [0.1, 0.15) is 36.2 Å². The number of ether oxygens (including phenoxy) is 1. The number of anilines is 2. The fourth-order valence-electron chi connectivity index (χ4n) is 4.76. The molecule has 1 unspecified atom stereocenters. The summed E-state index contributed by atoms with van der Waals surface area (Å²) in [6.07, 6.45) is -1.04. The molecule has 0 aliphatic carbocycles. The monoisotopic (exact) mass is 472 g/mol. The van der Waals surface area contributed by atoms with Crippen molar-refractivity contribution >= 4 is 22.4 Å². The first-order chi connectivity index (χ1) is 16.4. The average molecular weight is 473 g/mol. The van der Waals surface area contributed by atoms with E-state index in [0.29, 0.717) is 23.1 Å². The summed E-state index contributed by atoms with van der Waals surface area (Å²) in [4.78, 5) is 9.40. The lowest BCUT2D eigenvalue weighted by Crippen LogP contribution is -2.58. The van der Waals surface area contributed by atoms with Crippen LogP contribution in [0.4, 0.5) is 24.7 Å². The number of rotatable bonds is 5. The maximum atomic E-state index is 14.7. The number of fused-ring (bicyclic) bond motifs is 2. The Hall–Kier alpha value is -2.98. The molecular weight excluding hydrogens is 445 g/mol. The minimum atomic E-state index is -2.88. The van der Waals surface area contributed by atoms with Gasteiger partial charge in [-0.05, 0) is 19.9 Å². The maximum Gasteiger partial charge on any atom is 0.266 e. The van der Waals surface area contributed by atoms with Gasteiger partial charge < -0.3 is 15.0 Å². The van der Waals surface area contributed by atoms with E-state index in [1.807, 2.05) is 19.2 Å². The van der Waals surface area contributed by atoms with Crippen molar-refractivity contribution in [3.8, 4) is 0 Å². The lowest BCUT2D eigenvalue weighted by Gasteiger charge is -2.44. The van der Waals surface area contributed by atoms with Crippen LogP contribution in [0.15, 0.2) is 30.5 Å². The molecule has 0 bridgehead atoms. The highest BCUT2D eigenvalue weighted by Crippen LogP contribution is 2.32. The van der Waals surface area contributed by atoms with Gasteiger partial charge in [-0.25, -0.2) is 13.2 Å². The lowest BCUT2D eigenvalue weighted by atomic mass is 10.0. The number of hydrogen-bond acceptors (Lipinski definition) is 7. The number of piperazine rings is 1. The first kappa shape index (κ1) is 22.8. The first-order valence-corrected chi connectivity index (χ1v) is 11.4. The van der Waals surface area contributed by atoms with E-state index in [1.54, 1.807) is 6.92 Å². The second-order valence-corrected chi connectivity index (χ2v) is 8.85. The van der Waals surface area contributed by atoms with E-state index in [4.69, 9.17) is 4.74 Å². The van der Waals surface area contributed by atoms with Crippen molar-refractivity contribution in [1.82, 2.24) is 20.1 Å². The number of morpholine rings is 1. The number of pyridine rings is 1. The largest absolute Gasteiger partial charge is 0.378 e. The van der Waals surface area contributed by atoms with Crippen LogP contribution in [0, 0.1) is 12.7 Å². The Labute approximate surface area is 195 Å². The highest BCUT2D eigenvalue weighted by molar-refractivity contribution is 5.92. The third kappa shape index (κ3) is 4.27. The number of aryl methyl sites for hydroxylation is 1. The minimum absolute atomic E-state index is 0.144. The Morgan fingerprint density at radius 1 is 1.15 bits per heavy atom. The molecule has 1 N–H and O–H groups in total. The van der Waals surface area contributed by atoms with Crippen LogP contribution in [0.25, 0.3) is 10.9 Å². The number of benzene rings is 1. The summed E-state index contributed by atoms with van der Waals surface area (Å²) >= 11 is 0. The summed E-state index contributed by atoms with van der Waals surface area (Å²) in [5.74, 6) is -0.475. The highest BCUT2D eigenvalue weighted by Gasteiger charge is 2.30. The van der Waals surface area contributed by atoms with Gasteiger partial charge >= 0.3 is 0 Å². The van der Waals surface area contributed by atoms with Gasteiger partial charge in [-0.1, -0.05) is 18.2 Å². The number of halogens is 3. The zero-order valence-electron chi connectivity index (χ0n) is 19.1. The van der Waals surface area contributed by atoms with Crippen molar-refractivity contribution in [2.24, 2.45) is 0 Å². The molecule has 2 saturated heterocycles. The van der Waals surface area contributed by atoms with E-state index in [1.165, 1.54) is 12.1 Å². The second kappa shape index (κ2) is 9.34. The zero-order chi connectivity index (χ0) is 23.8. The molecule has 180 valence electrons. The first-order valence-electron chi connectivity index (χ1n) is 11.4. The number of nitrogens with one attached hydrogen (secondary N) is 1. The summed E-state index contributed by atoms with van der Waals surface area (Å²) < 4.78 is 46.7. The summed E-state index contributed by atoms with van der Waals surface area (Å²) in [6.45, 7) is 8.68. The summed E-state index contributed by atoms with van der Waals surface area (Å²) in [5, 5.41) is 12.4. The minimum Gasteiger partial charge on any atom is -0.378 e. The molecule has 4 heterocycles. The van der Waals surface area contributed by atoms with Crippen molar-refractivity contribution in [3.63, 3.8) is 0 Å². The van der Waals surface area contributed by atoms with Crippen LogP contribution < -0.4 is 10.2 Å². The molecule has 2 aliphatic heterocycles.